The van der Waals surface area contributed by atoms with E-state index in [0.29, 0.717) is 33.7 Å². The zero-order chi connectivity index (χ0) is 19.0. The summed E-state index contributed by atoms with van der Waals surface area (Å²) < 4.78 is 5.86. The maximum atomic E-state index is 11.9. The normalized spacial score (nSPS) is 10.7. The van der Waals surface area contributed by atoms with Gasteiger partial charge in [-0.25, -0.2) is 4.79 Å². The summed E-state index contributed by atoms with van der Waals surface area (Å²) in [5.41, 5.74) is 2.69. The third kappa shape index (κ3) is 2.93. The first-order valence-corrected chi connectivity index (χ1v) is 8.40. The number of isothiocyanates is 1. The molecule has 130 valence electrons. The standard InChI is InChI=1S/C21H11NO4S/c23-13-6-8-16-19(10-13)26-18-4-2-1-3-15(18)20(16)14-7-5-12(22-11-27)9-17(14)21(24)25/h1-10H,(H,24,25). The number of benzene rings is 3. The molecule has 0 bridgehead atoms. The van der Waals surface area contributed by atoms with Crippen LogP contribution in [0.2, 0.25) is 0 Å². The molecular formula is C21H11NO4S. The highest BCUT2D eigenvalue weighted by atomic mass is 32.1. The first kappa shape index (κ1) is 16.8. The highest BCUT2D eigenvalue weighted by Gasteiger charge is 2.21. The average Bonchev–Trinajstić information content (AvgIpc) is 2.66. The van der Waals surface area contributed by atoms with Gasteiger partial charge in [0.25, 0.3) is 0 Å². The summed E-state index contributed by atoms with van der Waals surface area (Å²) in [4.78, 5) is 27.6. The molecule has 1 aliphatic carbocycles. The lowest BCUT2D eigenvalue weighted by molar-refractivity contribution is 0.0698. The van der Waals surface area contributed by atoms with Crippen LogP contribution in [0, 0.1) is 0 Å². The minimum absolute atomic E-state index is 0.0744. The smallest absolute Gasteiger partial charge is 0.336 e. The topological polar surface area (TPSA) is 79.9 Å². The Labute approximate surface area is 158 Å². The van der Waals surface area contributed by atoms with E-state index in [9.17, 15) is 14.7 Å². The molecule has 5 nitrogen and oxygen atoms in total. The molecule has 0 aromatic heterocycles. The molecule has 0 atom stereocenters. The molecule has 1 heterocycles. The lowest BCUT2D eigenvalue weighted by Gasteiger charge is -2.16. The van der Waals surface area contributed by atoms with Crippen LogP contribution in [0.4, 0.5) is 5.69 Å². The second kappa shape index (κ2) is 6.61. The summed E-state index contributed by atoms with van der Waals surface area (Å²) in [5, 5.41) is 12.7. The van der Waals surface area contributed by atoms with Gasteiger partial charge in [0.2, 0.25) is 0 Å². The van der Waals surface area contributed by atoms with E-state index in [4.69, 9.17) is 4.42 Å². The maximum absolute atomic E-state index is 11.9. The van der Waals surface area contributed by atoms with E-state index in [1.807, 2.05) is 18.2 Å². The van der Waals surface area contributed by atoms with Crippen LogP contribution in [0.3, 0.4) is 0 Å². The van der Waals surface area contributed by atoms with Crippen molar-refractivity contribution in [2.24, 2.45) is 4.99 Å². The Kier molecular flexibility index (Phi) is 4.12. The Hall–Kier alpha value is -3.60. The zero-order valence-electron chi connectivity index (χ0n) is 13.8. The van der Waals surface area contributed by atoms with E-state index in [1.54, 1.807) is 24.3 Å². The van der Waals surface area contributed by atoms with Crippen LogP contribution < -0.4 is 5.43 Å². The lowest BCUT2D eigenvalue weighted by Crippen LogP contribution is -2.03. The third-order valence-corrected chi connectivity index (χ3v) is 4.37. The lowest BCUT2D eigenvalue weighted by atomic mass is 9.90. The number of thiocarbonyl (C=S) groups is 1. The van der Waals surface area contributed by atoms with Gasteiger partial charge in [0.1, 0.15) is 11.3 Å². The summed E-state index contributed by atoms with van der Waals surface area (Å²) in [6.45, 7) is 0. The van der Waals surface area contributed by atoms with Crippen LogP contribution >= 0.6 is 12.2 Å². The molecule has 0 amide bonds. The predicted molar refractivity (Wildman–Crippen MR) is 106 cm³/mol. The van der Waals surface area contributed by atoms with E-state index in [2.05, 4.69) is 22.4 Å². The second-order valence-electron chi connectivity index (χ2n) is 5.87. The number of fused-ring (bicyclic) bond motifs is 2. The number of hydrogen-bond donors (Lipinski definition) is 1. The number of hydrogen-bond acceptors (Lipinski definition) is 5. The number of carboxylic acids is 1. The molecule has 2 aromatic rings. The molecule has 0 radical (unpaired) electrons. The van der Waals surface area contributed by atoms with Gasteiger partial charge < -0.3 is 9.52 Å². The first-order valence-electron chi connectivity index (χ1n) is 7.99. The van der Waals surface area contributed by atoms with Crippen molar-refractivity contribution in [2.45, 2.75) is 0 Å². The number of para-hydroxylation sites is 1. The molecule has 1 N–H and O–H groups in total. The Morgan fingerprint density at radius 1 is 1.04 bits per heavy atom. The number of carboxylic acid groups (broad SMARTS) is 1. The SMILES string of the molecule is O=C(O)c1cc(N=C=S)ccc1-c1c2ccc(=O)cc-2oc2ccccc12. The molecule has 0 spiro atoms. The van der Waals surface area contributed by atoms with Gasteiger partial charge in [-0.2, -0.15) is 4.99 Å². The van der Waals surface area contributed by atoms with Gasteiger partial charge in [-0.3, -0.25) is 4.79 Å². The Morgan fingerprint density at radius 3 is 2.59 bits per heavy atom. The van der Waals surface area contributed by atoms with Gasteiger partial charge in [0.15, 0.2) is 5.43 Å². The zero-order valence-corrected chi connectivity index (χ0v) is 14.6. The van der Waals surface area contributed by atoms with E-state index in [-0.39, 0.29) is 11.0 Å². The van der Waals surface area contributed by atoms with Gasteiger partial charge in [0.05, 0.1) is 16.4 Å². The fourth-order valence-electron chi connectivity index (χ4n) is 3.16. The van der Waals surface area contributed by atoms with Crippen LogP contribution in [0.5, 0.6) is 0 Å². The molecule has 27 heavy (non-hydrogen) atoms. The number of aliphatic imine (C=N–C) groups is 1. The number of rotatable bonds is 3. The summed E-state index contributed by atoms with van der Waals surface area (Å²) in [5.74, 6) is -0.696. The van der Waals surface area contributed by atoms with Crippen LogP contribution in [-0.4, -0.2) is 16.2 Å². The first-order chi connectivity index (χ1) is 13.1. The van der Waals surface area contributed by atoms with Crippen molar-refractivity contribution in [2.75, 3.05) is 0 Å². The molecule has 0 saturated heterocycles. The third-order valence-electron chi connectivity index (χ3n) is 4.28. The van der Waals surface area contributed by atoms with Crippen LogP contribution in [0.15, 0.2) is 74.9 Å². The van der Waals surface area contributed by atoms with Crippen molar-refractivity contribution in [3.63, 3.8) is 0 Å². The largest absolute Gasteiger partial charge is 0.478 e. The monoisotopic (exact) mass is 373 g/mol. The van der Waals surface area contributed by atoms with Gasteiger partial charge in [0, 0.05) is 22.6 Å². The molecule has 6 heteroatoms. The van der Waals surface area contributed by atoms with Crippen LogP contribution in [0.25, 0.3) is 33.4 Å². The Morgan fingerprint density at radius 2 is 1.81 bits per heavy atom. The molecule has 4 rings (SSSR count). The summed E-state index contributed by atoms with van der Waals surface area (Å²) >= 11 is 4.60. The van der Waals surface area contributed by atoms with Gasteiger partial charge >= 0.3 is 5.97 Å². The van der Waals surface area contributed by atoms with E-state index in [0.717, 1.165) is 5.39 Å². The van der Waals surface area contributed by atoms with Crippen LogP contribution in [-0.2, 0) is 0 Å². The highest BCUT2D eigenvalue weighted by Crippen LogP contribution is 2.41. The predicted octanol–water partition coefficient (Wildman–Crippen LogP) is 5.00. The summed E-state index contributed by atoms with van der Waals surface area (Å²) in [7, 11) is 0. The van der Waals surface area contributed by atoms with Gasteiger partial charge in [-0.1, -0.05) is 24.3 Å². The molecule has 2 aliphatic rings. The minimum atomic E-state index is -1.09. The van der Waals surface area contributed by atoms with Gasteiger partial charge in [-0.15, -0.1) is 0 Å². The van der Waals surface area contributed by atoms with Crippen molar-refractivity contribution in [3.8, 4) is 22.5 Å². The van der Waals surface area contributed by atoms with Crippen molar-refractivity contribution < 1.29 is 14.3 Å². The summed E-state index contributed by atoms with van der Waals surface area (Å²) in [6.07, 6.45) is 0. The number of aromatic carboxylic acids is 1. The maximum Gasteiger partial charge on any atom is 0.336 e. The molecule has 0 unspecified atom stereocenters. The van der Waals surface area contributed by atoms with E-state index < -0.39 is 5.97 Å². The Balaban J connectivity index is 2.16. The number of carbonyl (C=O) groups is 1. The van der Waals surface area contributed by atoms with Crippen molar-refractivity contribution in [1.82, 2.24) is 0 Å². The second-order valence-corrected chi connectivity index (χ2v) is 6.05. The van der Waals surface area contributed by atoms with Crippen molar-refractivity contribution >= 4 is 40.0 Å². The van der Waals surface area contributed by atoms with E-state index >= 15 is 0 Å². The number of nitrogens with zero attached hydrogens (tertiary/aromatic N) is 1. The van der Waals surface area contributed by atoms with Crippen molar-refractivity contribution in [3.05, 3.63) is 76.5 Å². The van der Waals surface area contributed by atoms with Crippen LogP contribution in [0.1, 0.15) is 10.4 Å². The van der Waals surface area contributed by atoms with E-state index in [1.165, 1.54) is 18.2 Å². The fraction of sp³-hybridized carbons (Fsp3) is 0. The van der Waals surface area contributed by atoms with Gasteiger partial charge in [-0.05, 0) is 48.1 Å². The molecule has 0 fully saturated rings. The minimum Gasteiger partial charge on any atom is -0.478 e. The molecule has 2 aromatic carbocycles. The molecule has 0 saturated carbocycles. The fourth-order valence-corrected chi connectivity index (χ4v) is 3.26. The quantitative estimate of drug-likeness (QED) is 0.311. The molecule has 1 aliphatic heterocycles. The Bertz CT molecular complexity index is 1290. The average molecular weight is 373 g/mol. The highest BCUT2D eigenvalue weighted by molar-refractivity contribution is 7.78. The molecular weight excluding hydrogens is 362 g/mol. The summed E-state index contributed by atoms with van der Waals surface area (Å²) in [6, 6.07) is 16.6. The van der Waals surface area contributed by atoms with Crippen molar-refractivity contribution in [1.29, 1.82) is 0 Å².